The van der Waals surface area contributed by atoms with Gasteiger partial charge >= 0.3 is 6.15 Å². The molecule has 0 aromatic carbocycles. The van der Waals surface area contributed by atoms with Gasteiger partial charge in [0, 0.05) is 30.2 Å². The van der Waals surface area contributed by atoms with Crippen LogP contribution in [0.1, 0.15) is 29.3 Å². The molecule has 1 N–H and O–H groups in total. The van der Waals surface area contributed by atoms with Crippen molar-refractivity contribution in [3.63, 3.8) is 0 Å². The average molecular weight is 307 g/mol. The predicted octanol–water partition coefficient (Wildman–Crippen LogP) is 2.01. The average Bonchev–Trinajstić information content (AvgIpc) is 2.95. The van der Waals surface area contributed by atoms with Crippen LogP contribution >= 0.6 is 11.3 Å². The van der Waals surface area contributed by atoms with E-state index in [2.05, 4.69) is 10.3 Å². The van der Waals surface area contributed by atoms with Gasteiger partial charge in [-0.25, -0.2) is 4.98 Å². The number of hydrogen-bond donors (Lipinski definition) is 1. The molecule has 2 aromatic heterocycles. The lowest BCUT2D eigenvalue weighted by atomic mass is 10.2. The first-order valence-electron chi connectivity index (χ1n) is 6.28. The highest BCUT2D eigenvalue weighted by Crippen LogP contribution is 2.23. The number of nitrogens with one attached hydrogen (secondary N) is 1. The van der Waals surface area contributed by atoms with Crippen molar-refractivity contribution in [3.05, 3.63) is 28.3 Å². The lowest BCUT2D eigenvalue weighted by Gasteiger charge is -2.08. The molecule has 0 saturated heterocycles. The molecule has 0 aliphatic heterocycles. The first-order valence-corrected chi connectivity index (χ1v) is 7.16. The molecule has 2 heterocycles. The van der Waals surface area contributed by atoms with E-state index in [1.54, 1.807) is 11.3 Å². The molecule has 0 saturated carbocycles. The zero-order chi connectivity index (χ0) is 16.0. The first-order chi connectivity index (χ1) is 9.88. The number of carbonyl (C=O) groups excluding carboxylic acids is 3. The summed E-state index contributed by atoms with van der Waals surface area (Å²) in [5, 5.41) is 5.93. The number of carbonyl (C=O) groups is 1. The molecule has 0 fully saturated rings. The van der Waals surface area contributed by atoms with Crippen molar-refractivity contribution in [2.75, 3.05) is 0 Å². The van der Waals surface area contributed by atoms with Gasteiger partial charge in [-0.05, 0) is 26.8 Å². The number of hydrogen-bond acceptors (Lipinski definition) is 5. The van der Waals surface area contributed by atoms with Crippen LogP contribution in [0.2, 0.25) is 0 Å². The van der Waals surface area contributed by atoms with Crippen LogP contribution in [-0.2, 0) is 16.6 Å². The van der Waals surface area contributed by atoms with Gasteiger partial charge in [0.15, 0.2) is 0 Å². The molecule has 6 nitrogen and oxygen atoms in total. The third kappa shape index (κ3) is 4.66. The fourth-order valence-electron chi connectivity index (χ4n) is 1.76. The number of aromatic nitrogens is 2. The zero-order valence-electron chi connectivity index (χ0n) is 12.3. The molecule has 0 spiro atoms. The summed E-state index contributed by atoms with van der Waals surface area (Å²) < 4.78 is 1.84. The van der Waals surface area contributed by atoms with E-state index in [-0.39, 0.29) is 18.1 Å². The Kier molecular flexibility index (Phi) is 6.02. The number of amides is 1. The predicted molar refractivity (Wildman–Crippen MR) is 78.9 cm³/mol. The highest BCUT2D eigenvalue weighted by atomic mass is 32.1. The third-order valence-electron chi connectivity index (χ3n) is 2.57. The molecule has 0 aliphatic carbocycles. The Labute approximate surface area is 126 Å². The second kappa shape index (κ2) is 7.52. The van der Waals surface area contributed by atoms with Crippen molar-refractivity contribution in [3.8, 4) is 11.3 Å². The molecule has 0 unspecified atom stereocenters. The molecule has 2 rings (SSSR count). The van der Waals surface area contributed by atoms with Crippen LogP contribution in [0.3, 0.4) is 0 Å². The van der Waals surface area contributed by atoms with Crippen LogP contribution in [0.4, 0.5) is 0 Å². The monoisotopic (exact) mass is 307 g/mol. The standard InChI is InChI=1S/C13H17N3OS.CO2/c1-8(2)14-13(17)12-5-10(6-16(12)4)11-7-18-9(3)15-11;2-1-3/h5-8H,1-4H3,(H,14,17);. The van der Waals surface area contributed by atoms with Gasteiger partial charge in [0.1, 0.15) is 5.69 Å². The maximum absolute atomic E-state index is 12.0. The van der Waals surface area contributed by atoms with Crippen molar-refractivity contribution in [2.45, 2.75) is 26.8 Å². The second-order valence-corrected chi connectivity index (χ2v) is 5.75. The summed E-state index contributed by atoms with van der Waals surface area (Å²) in [6.45, 7) is 5.88. The molecule has 112 valence electrons. The zero-order valence-corrected chi connectivity index (χ0v) is 13.2. The Morgan fingerprint density at radius 1 is 1.43 bits per heavy atom. The maximum Gasteiger partial charge on any atom is 0.373 e. The summed E-state index contributed by atoms with van der Waals surface area (Å²) in [5.41, 5.74) is 2.57. The topological polar surface area (TPSA) is 81.1 Å². The molecular formula is C14H17N3O3S. The van der Waals surface area contributed by atoms with Crippen LogP contribution in [0.15, 0.2) is 17.6 Å². The van der Waals surface area contributed by atoms with Gasteiger partial charge in [0.25, 0.3) is 5.91 Å². The molecule has 0 aliphatic rings. The van der Waals surface area contributed by atoms with Crippen LogP contribution in [-0.4, -0.2) is 27.7 Å². The largest absolute Gasteiger partial charge is 0.373 e. The normalized spacial score (nSPS) is 9.76. The Balaban J connectivity index is 0.000000677. The van der Waals surface area contributed by atoms with E-state index in [0.717, 1.165) is 16.3 Å². The molecule has 0 radical (unpaired) electrons. The summed E-state index contributed by atoms with van der Waals surface area (Å²) in [7, 11) is 1.87. The number of thiazole rings is 1. The SMILES string of the molecule is Cc1nc(-c2cc(C(=O)NC(C)C)n(C)c2)cs1.O=C=O. The van der Waals surface area contributed by atoms with Gasteiger partial charge in [-0.3, -0.25) is 4.79 Å². The molecule has 0 bridgehead atoms. The minimum Gasteiger partial charge on any atom is -0.349 e. The van der Waals surface area contributed by atoms with Crippen LogP contribution in [0, 0.1) is 6.92 Å². The van der Waals surface area contributed by atoms with E-state index in [0.29, 0.717) is 5.69 Å². The molecule has 21 heavy (non-hydrogen) atoms. The van der Waals surface area contributed by atoms with Crippen molar-refractivity contribution in [1.82, 2.24) is 14.9 Å². The van der Waals surface area contributed by atoms with E-state index >= 15 is 0 Å². The summed E-state index contributed by atoms with van der Waals surface area (Å²) in [4.78, 5) is 32.7. The van der Waals surface area contributed by atoms with Gasteiger partial charge < -0.3 is 9.88 Å². The smallest absolute Gasteiger partial charge is 0.349 e. The van der Waals surface area contributed by atoms with Gasteiger partial charge in [-0.1, -0.05) is 0 Å². The fourth-order valence-corrected chi connectivity index (χ4v) is 2.38. The van der Waals surface area contributed by atoms with E-state index < -0.39 is 0 Å². The molecule has 2 aromatic rings. The van der Waals surface area contributed by atoms with E-state index in [4.69, 9.17) is 9.59 Å². The third-order valence-corrected chi connectivity index (χ3v) is 3.35. The Bertz CT molecular complexity index is 652. The molecule has 0 atom stereocenters. The summed E-state index contributed by atoms with van der Waals surface area (Å²) in [6, 6.07) is 2.02. The van der Waals surface area contributed by atoms with Crippen molar-refractivity contribution < 1.29 is 14.4 Å². The summed E-state index contributed by atoms with van der Waals surface area (Å²) in [5.74, 6) is -0.0503. The summed E-state index contributed by atoms with van der Waals surface area (Å²) >= 11 is 1.61. The van der Waals surface area contributed by atoms with Crippen molar-refractivity contribution >= 4 is 23.4 Å². The van der Waals surface area contributed by atoms with Crippen LogP contribution < -0.4 is 5.32 Å². The minimum atomic E-state index is -0.0503. The molecular weight excluding hydrogens is 290 g/mol. The van der Waals surface area contributed by atoms with Crippen LogP contribution in [0.25, 0.3) is 11.3 Å². The molecule has 1 amide bonds. The van der Waals surface area contributed by atoms with E-state index in [1.807, 2.05) is 50.0 Å². The lowest BCUT2D eigenvalue weighted by molar-refractivity contribution is -0.191. The van der Waals surface area contributed by atoms with Crippen molar-refractivity contribution in [1.29, 1.82) is 0 Å². The number of rotatable bonds is 3. The first kappa shape index (κ1) is 16.8. The van der Waals surface area contributed by atoms with Gasteiger partial charge in [-0.2, -0.15) is 9.59 Å². The lowest BCUT2D eigenvalue weighted by Crippen LogP contribution is -2.31. The van der Waals surface area contributed by atoms with Gasteiger partial charge in [-0.15, -0.1) is 11.3 Å². The quantitative estimate of drug-likeness (QED) is 0.940. The highest BCUT2D eigenvalue weighted by molar-refractivity contribution is 7.09. The van der Waals surface area contributed by atoms with E-state index in [1.165, 1.54) is 0 Å². The van der Waals surface area contributed by atoms with Gasteiger partial charge in [0.05, 0.1) is 10.7 Å². The Hall–Kier alpha value is -2.24. The molecule has 7 heteroatoms. The minimum absolute atomic E-state index is 0.0503. The number of nitrogens with zero attached hydrogens (tertiary/aromatic N) is 2. The summed E-state index contributed by atoms with van der Waals surface area (Å²) in [6.07, 6.45) is 2.18. The van der Waals surface area contributed by atoms with Crippen molar-refractivity contribution in [2.24, 2.45) is 7.05 Å². The van der Waals surface area contributed by atoms with E-state index in [9.17, 15) is 4.79 Å². The maximum atomic E-state index is 12.0. The Morgan fingerprint density at radius 3 is 2.52 bits per heavy atom. The second-order valence-electron chi connectivity index (χ2n) is 4.69. The Morgan fingerprint density at radius 2 is 2.05 bits per heavy atom. The van der Waals surface area contributed by atoms with Gasteiger partial charge in [0.2, 0.25) is 0 Å². The van der Waals surface area contributed by atoms with Crippen LogP contribution in [0.5, 0.6) is 0 Å². The highest BCUT2D eigenvalue weighted by Gasteiger charge is 2.14. The number of aryl methyl sites for hydroxylation is 2. The fraction of sp³-hybridized carbons (Fsp3) is 0.357.